The molecule has 0 unspecified atom stereocenters. The molecule has 0 amide bonds. The van der Waals surface area contributed by atoms with Gasteiger partial charge in [0.15, 0.2) is 11.6 Å². The van der Waals surface area contributed by atoms with Crippen molar-refractivity contribution in [2.45, 2.75) is 13.0 Å². The molecule has 0 aromatic carbocycles. The van der Waals surface area contributed by atoms with Gasteiger partial charge in [-0.2, -0.15) is 0 Å². The summed E-state index contributed by atoms with van der Waals surface area (Å²) in [6.07, 6.45) is 3.73. The van der Waals surface area contributed by atoms with E-state index in [0.29, 0.717) is 6.04 Å². The lowest BCUT2D eigenvalue weighted by molar-refractivity contribution is 0.0987. The molecular weight excluding hydrogens is 389 g/mol. The van der Waals surface area contributed by atoms with Crippen molar-refractivity contribution in [3.8, 4) is 11.4 Å². The lowest BCUT2D eigenvalue weighted by atomic mass is 10.1. The van der Waals surface area contributed by atoms with Crippen molar-refractivity contribution in [2.75, 3.05) is 38.0 Å². The Bertz CT molecular complexity index is 1150. The summed E-state index contributed by atoms with van der Waals surface area (Å²) in [6, 6.07) is 4.35. The number of H-pyrrole nitrogens is 1. The zero-order valence-corrected chi connectivity index (χ0v) is 17.8. The van der Waals surface area contributed by atoms with Crippen molar-refractivity contribution in [1.82, 2.24) is 19.9 Å². The van der Waals surface area contributed by atoms with E-state index >= 15 is 0 Å². The minimum Gasteiger partial charge on any atom is -0.377 e. The minimum atomic E-state index is -0.247. The molecule has 1 aliphatic rings. The number of aromatic amines is 1. The highest BCUT2D eigenvalue weighted by molar-refractivity contribution is 7.65. The van der Waals surface area contributed by atoms with Crippen molar-refractivity contribution >= 4 is 51.6 Å². The van der Waals surface area contributed by atoms with Gasteiger partial charge in [-0.3, -0.25) is 0 Å². The molecule has 28 heavy (non-hydrogen) atoms. The van der Waals surface area contributed by atoms with Crippen molar-refractivity contribution in [1.29, 1.82) is 0 Å². The fraction of sp³-hybridized carbons (Fsp3) is 0.350. The van der Waals surface area contributed by atoms with Crippen molar-refractivity contribution < 1.29 is 4.74 Å². The van der Waals surface area contributed by atoms with E-state index in [1.54, 1.807) is 11.3 Å². The van der Waals surface area contributed by atoms with Crippen molar-refractivity contribution in [3.05, 3.63) is 29.9 Å². The Kier molecular flexibility index (Phi) is 4.54. The summed E-state index contributed by atoms with van der Waals surface area (Å²) in [6.45, 7) is 9.08. The van der Waals surface area contributed by atoms with E-state index in [0.717, 1.165) is 53.5 Å². The van der Waals surface area contributed by atoms with Gasteiger partial charge in [0.1, 0.15) is 5.65 Å². The minimum absolute atomic E-state index is 0.247. The molecule has 1 atom stereocenters. The number of rotatable bonds is 3. The Hall–Kier alpha value is -2.08. The summed E-state index contributed by atoms with van der Waals surface area (Å²) in [7, 11) is -0.247. The first kappa shape index (κ1) is 18.0. The number of anilines is 1. The van der Waals surface area contributed by atoms with Crippen LogP contribution in [0.5, 0.6) is 0 Å². The third-order valence-corrected chi connectivity index (χ3v) is 7.65. The molecule has 0 bridgehead atoms. The van der Waals surface area contributed by atoms with E-state index in [1.807, 2.05) is 24.5 Å². The van der Waals surface area contributed by atoms with Gasteiger partial charge in [-0.1, -0.05) is 7.92 Å². The molecule has 0 radical (unpaired) electrons. The Morgan fingerprint density at radius 3 is 3.00 bits per heavy atom. The Balaban J connectivity index is 1.78. The zero-order chi connectivity index (χ0) is 19.3. The summed E-state index contributed by atoms with van der Waals surface area (Å²) < 4.78 is 6.84. The average molecular weight is 411 g/mol. The Labute approximate surface area is 168 Å². The van der Waals surface area contributed by atoms with Crippen molar-refractivity contribution in [3.63, 3.8) is 0 Å². The molecule has 4 aromatic rings. The number of ether oxygens (including phenoxy) is 1. The summed E-state index contributed by atoms with van der Waals surface area (Å²) in [5.74, 6) is 1.80. The van der Waals surface area contributed by atoms with Crippen LogP contribution in [0.25, 0.3) is 32.6 Å². The normalized spacial score (nSPS) is 17.9. The van der Waals surface area contributed by atoms with Gasteiger partial charge in [-0.05, 0) is 32.4 Å². The van der Waals surface area contributed by atoms with Gasteiger partial charge >= 0.3 is 0 Å². The molecule has 8 heteroatoms. The SMILES string of the molecule is C[C@@H]1COCCN1c1nc(-c2ccnc3[nH]ccc23)nc2c(P(C)C)csc12. The predicted molar refractivity (Wildman–Crippen MR) is 119 cm³/mol. The number of thiophene rings is 1. The third-order valence-electron chi connectivity index (χ3n) is 5.20. The van der Waals surface area contributed by atoms with Gasteiger partial charge in [0.2, 0.25) is 0 Å². The Morgan fingerprint density at radius 1 is 1.29 bits per heavy atom. The molecule has 0 saturated carbocycles. The van der Waals surface area contributed by atoms with E-state index in [9.17, 15) is 0 Å². The number of hydrogen-bond donors (Lipinski definition) is 1. The standard InChI is InChI=1S/C20H22N5OPS/c1-12-10-26-9-8-25(12)20-17-16(15(11-28-17)27(2)3)23-19(24-20)14-5-7-22-18-13(14)4-6-21-18/h4-7,11-12H,8-10H2,1-3H3,(H,21,22)/t12-/m1/s1. The van der Waals surface area contributed by atoms with Crippen LogP contribution in [0.2, 0.25) is 0 Å². The molecular formula is C20H22N5OPS. The largest absolute Gasteiger partial charge is 0.377 e. The fourth-order valence-corrected chi connectivity index (χ4v) is 6.26. The first-order valence-electron chi connectivity index (χ1n) is 9.37. The molecule has 5 heterocycles. The zero-order valence-electron chi connectivity index (χ0n) is 16.1. The van der Waals surface area contributed by atoms with Crippen LogP contribution in [0.4, 0.5) is 5.82 Å². The van der Waals surface area contributed by atoms with Crippen LogP contribution < -0.4 is 10.2 Å². The molecule has 4 aromatic heterocycles. The first-order valence-corrected chi connectivity index (χ1v) is 12.5. The lowest BCUT2D eigenvalue weighted by Gasteiger charge is -2.34. The van der Waals surface area contributed by atoms with Gasteiger partial charge in [0.05, 0.1) is 29.5 Å². The monoisotopic (exact) mass is 411 g/mol. The van der Waals surface area contributed by atoms with E-state index in [4.69, 9.17) is 14.7 Å². The van der Waals surface area contributed by atoms with Crippen LogP contribution in [-0.4, -0.2) is 59.1 Å². The summed E-state index contributed by atoms with van der Waals surface area (Å²) in [4.78, 5) is 20.1. The van der Waals surface area contributed by atoms with Crippen LogP contribution in [0.1, 0.15) is 6.92 Å². The molecule has 6 nitrogen and oxygen atoms in total. The average Bonchev–Trinajstić information content (AvgIpc) is 3.34. The van der Waals surface area contributed by atoms with Crippen LogP contribution in [0.15, 0.2) is 29.9 Å². The molecule has 1 aliphatic heterocycles. The second kappa shape index (κ2) is 7.07. The van der Waals surface area contributed by atoms with Gasteiger partial charge in [0, 0.05) is 40.6 Å². The highest BCUT2D eigenvalue weighted by atomic mass is 32.1. The number of hydrogen-bond acceptors (Lipinski definition) is 6. The highest BCUT2D eigenvalue weighted by Gasteiger charge is 2.26. The predicted octanol–water partition coefficient (Wildman–Crippen LogP) is 3.83. The van der Waals surface area contributed by atoms with E-state index in [1.165, 1.54) is 10.0 Å². The maximum Gasteiger partial charge on any atom is 0.163 e. The summed E-state index contributed by atoms with van der Waals surface area (Å²) in [5, 5.41) is 4.66. The first-order chi connectivity index (χ1) is 13.6. The number of pyridine rings is 1. The second-order valence-corrected chi connectivity index (χ2v) is 10.4. The van der Waals surface area contributed by atoms with E-state index in [2.05, 4.69) is 40.5 Å². The van der Waals surface area contributed by atoms with Crippen LogP contribution >= 0.6 is 19.3 Å². The maximum absolute atomic E-state index is 5.66. The molecule has 1 fully saturated rings. The Morgan fingerprint density at radius 2 is 2.18 bits per heavy atom. The van der Waals surface area contributed by atoms with Gasteiger partial charge in [-0.15, -0.1) is 11.3 Å². The van der Waals surface area contributed by atoms with Crippen LogP contribution in [0, 0.1) is 0 Å². The molecule has 1 N–H and O–H groups in total. The van der Waals surface area contributed by atoms with Gasteiger partial charge in [0.25, 0.3) is 0 Å². The number of morpholine rings is 1. The molecule has 0 aliphatic carbocycles. The number of nitrogens with zero attached hydrogens (tertiary/aromatic N) is 4. The molecule has 5 rings (SSSR count). The van der Waals surface area contributed by atoms with Crippen molar-refractivity contribution in [2.24, 2.45) is 0 Å². The molecule has 144 valence electrons. The van der Waals surface area contributed by atoms with E-state index in [-0.39, 0.29) is 7.92 Å². The summed E-state index contributed by atoms with van der Waals surface area (Å²) in [5.41, 5.74) is 2.98. The highest BCUT2D eigenvalue weighted by Crippen LogP contribution is 2.38. The number of fused-ring (bicyclic) bond motifs is 2. The molecule has 1 saturated heterocycles. The fourth-order valence-electron chi connectivity index (χ4n) is 3.72. The number of nitrogens with one attached hydrogen (secondary N) is 1. The quantitative estimate of drug-likeness (QED) is 0.519. The lowest BCUT2D eigenvalue weighted by Crippen LogP contribution is -2.44. The third kappa shape index (κ3) is 2.89. The maximum atomic E-state index is 5.66. The summed E-state index contributed by atoms with van der Waals surface area (Å²) >= 11 is 1.76. The van der Waals surface area contributed by atoms with Gasteiger partial charge in [-0.25, -0.2) is 15.0 Å². The van der Waals surface area contributed by atoms with Crippen LogP contribution in [-0.2, 0) is 4.74 Å². The molecule has 0 spiro atoms. The van der Waals surface area contributed by atoms with Crippen LogP contribution in [0.3, 0.4) is 0 Å². The van der Waals surface area contributed by atoms with Gasteiger partial charge < -0.3 is 14.6 Å². The topological polar surface area (TPSA) is 66.9 Å². The van der Waals surface area contributed by atoms with E-state index < -0.39 is 0 Å². The second-order valence-electron chi connectivity index (χ2n) is 7.28. The number of aromatic nitrogens is 4. The smallest absolute Gasteiger partial charge is 0.163 e.